The Hall–Kier alpha value is -0.652. The maximum absolute atomic E-state index is 12.0. The number of carboxylic acid groups (broad SMARTS) is 1. The molecule has 1 heterocycles. The molecule has 8 heteroatoms. The zero-order chi connectivity index (χ0) is 15.3. The van der Waals surface area contributed by atoms with E-state index in [0.29, 0.717) is 0 Å². The van der Waals surface area contributed by atoms with E-state index < -0.39 is 29.7 Å². The standard InChI is InChI=1S/C13H22NO6.W/c1-13(2,3)20-12(17)14-6-9(11(15)16)5-10(7-14)19-8-18-4;/h5,9-10H,6-8H2,1-4H3,(H,15,16);/q-1;/t9-,10+;/m1./s1. The van der Waals surface area contributed by atoms with Gasteiger partial charge in [-0.25, -0.2) is 4.79 Å². The second-order valence-corrected chi connectivity index (χ2v) is 5.63. The number of carboxylic acids is 1. The van der Waals surface area contributed by atoms with Crippen molar-refractivity contribution < 1.29 is 50.0 Å². The monoisotopic (exact) mass is 472 g/mol. The second-order valence-electron chi connectivity index (χ2n) is 5.63. The number of carbonyl (C=O) groups excluding carboxylic acids is 1. The normalized spacial score (nSPS) is 22.4. The van der Waals surface area contributed by atoms with Gasteiger partial charge in [-0.15, -0.1) is 0 Å². The zero-order valence-corrected chi connectivity index (χ0v) is 15.6. The van der Waals surface area contributed by atoms with E-state index in [1.54, 1.807) is 27.2 Å². The molecule has 0 aromatic heterocycles. The van der Waals surface area contributed by atoms with Gasteiger partial charge in [-0.1, -0.05) is 0 Å². The Morgan fingerprint density at radius 1 is 1.33 bits per heavy atom. The molecule has 1 N–H and O–H groups in total. The van der Waals surface area contributed by atoms with Gasteiger partial charge in [0.2, 0.25) is 0 Å². The molecule has 1 aliphatic rings. The van der Waals surface area contributed by atoms with Crippen molar-refractivity contribution >= 4 is 12.1 Å². The Morgan fingerprint density at radius 2 is 1.95 bits per heavy atom. The number of aliphatic carboxylic acids is 1. The molecule has 0 spiro atoms. The van der Waals surface area contributed by atoms with E-state index in [1.165, 1.54) is 12.0 Å². The first-order chi connectivity index (χ1) is 9.23. The van der Waals surface area contributed by atoms with Gasteiger partial charge in [-0.3, -0.25) is 11.2 Å². The van der Waals surface area contributed by atoms with E-state index in [9.17, 15) is 9.59 Å². The number of carbonyl (C=O) groups is 2. The molecule has 0 bridgehead atoms. The number of hydrogen-bond donors (Lipinski definition) is 1. The molecule has 1 aliphatic heterocycles. The van der Waals surface area contributed by atoms with E-state index in [1.807, 2.05) is 0 Å². The Labute approximate surface area is 139 Å². The average molecular weight is 472 g/mol. The summed E-state index contributed by atoms with van der Waals surface area (Å²) in [6, 6.07) is 0. The first-order valence-corrected chi connectivity index (χ1v) is 6.39. The van der Waals surface area contributed by atoms with E-state index in [-0.39, 0.29) is 40.9 Å². The molecule has 1 fully saturated rings. The van der Waals surface area contributed by atoms with Gasteiger partial charge in [0.1, 0.15) is 12.4 Å². The molecule has 0 radical (unpaired) electrons. The minimum absolute atomic E-state index is 0. The Bertz CT molecular complexity index is 357. The summed E-state index contributed by atoms with van der Waals surface area (Å²) in [4.78, 5) is 24.5. The summed E-state index contributed by atoms with van der Waals surface area (Å²) in [5, 5.41) is 9.12. The maximum Gasteiger partial charge on any atom is 0.410 e. The van der Waals surface area contributed by atoms with Crippen LogP contribution in [0.15, 0.2) is 0 Å². The maximum atomic E-state index is 12.0. The van der Waals surface area contributed by atoms with Gasteiger partial charge in [-0.05, 0) is 32.8 Å². The number of amides is 1. The van der Waals surface area contributed by atoms with Crippen molar-refractivity contribution in [1.29, 1.82) is 0 Å². The third-order valence-electron chi connectivity index (χ3n) is 2.63. The number of methoxy groups -OCH3 is 1. The predicted molar refractivity (Wildman–Crippen MR) is 70.0 cm³/mol. The molecular formula is C13H22NO6W-. The van der Waals surface area contributed by atoms with Crippen LogP contribution in [0.2, 0.25) is 0 Å². The molecule has 0 unspecified atom stereocenters. The summed E-state index contributed by atoms with van der Waals surface area (Å²) in [5.74, 6) is -1.78. The van der Waals surface area contributed by atoms with E-state index in [4.69, 9.17) is 19.3 Å². The van der Waals surface area contributed by atoms with Crippen LogP contribution in [0.4, 0.5) is 4.79 Å². The van der Waals surface area contributed by atoms with Crippen LogP contribution >= 0.6 is 0 Å². The number of ether oxygens (including phenoxy) is 3. The summed E-state index contributed by atoms with van der Waals surface area (Å²) in [6.45, 7) is 5.65. The van der Waals surface area contributed by atoms with Gasteiger partial charge in [0.25, 0.3) is 5.97 Å². The van der Waals surface area contributed by atoms with Crippen molar-refractivity contribution in [3.05, 3.63) is 6.42 Å². The van der Waals surface area contributed by atoms with Crippen LogP contribution < -0.4 is 0 Å². The summed E-state index contributed by atoms with van der Waals surface area (Å²) in [5.41, 5.74) is -0.625. The summed E-state index contributed by atoms with van der Waals surface area (Å²) in [6.07, 6.45) is 0.544. The van der Waals surface area contributed by atoms with Crippen LogP contribution in [0.1, 0.15) is 20.8 Å². The minimum atomic E-state index is -0.996. The molecule has 1 rings (SSSR count). The first-order valence-electron chi connectivity index (χ1n) is 6.39. The van der Waals surface area contributed by atoms with Gasteiger partial charge in [0, 0.05) is 41.3 Å². The molecule has 122 valence electrons. The van der Waals surface area contributed by atoms with Crippen LogP contribution in [-0.2, 0) is 40.1 Å². The predicted octanol–water partition coefficient (Wildman–Crippen LogP) is 1.13. The number of likely N-dealkylation sites (tertiary alicyclic amines) is 1. The third-order valence-corrected chi connectivity index (χ3v) is 2.63. The van der Waals surface area contributed by atoms with Gasteiger partial charge < -0.3 is 24.2 Å². The van der Waals surface area contributed by atoms with Crippen LogP contribution in [0.25, 0.3) is 0 Å². The van der Waals surface area contributed by atoms with Gasteiger partial charge in [0.15, 0.2) is 0 Å². The topological polar surface area (TPSA) is 85.3 Å². The third kappa shape index (κ3) is 7.25. The van der Waals surface area contributed by atoms with Crippen molar-refractivity contribution in [2.24, 2.45) is 5.92 Å². The molecule has 1 saturated heterocycles. The second kappa shape index (κ2) is 8.71. The van der Waals surface area contributed by atoms with Gasteiger partial charge in [-0.2, -0.15) is 0 Å². The number of nitrogens with zero attached hydrogens (tertiary/aromatic N) is 1. The largest absolute Gasteiger partial charge is 0.483 e. The Morgan fingerprint density at radius 3 is 2.43 bits per heavy atom. The van der Waals surface area contributed by atoms with Crippen LogP contribution in [0.3, 0.4) is 0 Å². The fourth-order valence-electron chi connectivity index (χ4n) is 1.81. The molecule has 0 aliphatic carbocycles. The summed E-state index contributed by atoms with van der Waals surface area (Å²) >= 11 is 0. The van der Waals surface area contributed by atoms with Gasteiger partial charge >= 0.3 is 6.09 Å². The van der Waals surface area contributed by atoms with E-state index in [2.05, 4.69) is 0 Å². The molecule has 7 nitrogen and oxygen atoms in total. The van der Waals surface area contributed by atoms with Crippen molar-refractivity contribution in [2.45, 2.75) is 32.5 Å². The molecule has 21 heavy (non-hydrogen) atoms. The number of rotatable bonds is 4. The van der Waals surface area contributed by atoms with Gasteiger partial charge in [0.05, 0.1) is 0 Å². The molecule has 0 aromatic rings. The number of hydrogen-bond acceptors (Lipinski definition) is 5. The first kappa shape index (κ1) is 20.3. The van der Waals surface area contributed by atoms with Crippen molar-refractivity contribution in [2.75, 3.05) is 27.0 Å². The zero-order valence-electron chi connectivity index (χ0n) is 12.7. The molecule has 0 aromatic carbocycles. The van der Waals surface area contributed by atoms with Crippen LogP contribution in [0.5, 0.6) is 0 Å². The Balaban J connectivity index is 0.00000400. The fourth-order valence-corrected chi connectivity index (χ4v) is 1.81. The molecule has 2 atom stereocenters. The fraction of sp³-hybridized carbons (Fsp3) is 0.769. The van der Waals surface area contributed by atoms with Crippen LogP contribution in [0, 0.1) is 12.3 Å². The average Bonchev–Trinajstić information content (AvgIpc) is 2.33. The van der Waals surface area contributed by atoms with Crippen LogP contribution in [-0.4, -0.2) is 60.8 Å². The minimum Gasteiger partial charge on any atom is -0.483 e. The van der Waals surface area contributed by atoms with Crippen molar-refractivity contribution in [3.63, 3.8) is 0 Å². The molecule has 0 saturated carbocycles. The quantitative estimate of drug-likeness (QED) is 0.488. The summed E-state index contributed by atoms with van der Waals surface area (Å²) < 4.78 is 15.4. The van der Waals surface area contributed by atoms with E-state index in [0.717, 1.165) is 0 Å². The van der Waals surface area contributed by atoms with E-state index >= 15 is 0 Å². The molecule has 1 amide bonds. The number of piperidine rings is 1. The smallest absolute Gasteiger partial charge is 0.410 e. The van der Waals surface area contributed by atoms with Crippen molar-refractivity contribution in [1.82, 2.24) is 4.90 Å². The molecular weight excluding hydrogens is 450 g/mol. The van der Waals surface area contributed by atoms with Crippen molar-refractivity contribution in [3.8, 4) is 0 Å². The SMILES string of the molecule is COCO[C@H]1[CH-][C@@H](C(=O)O)CN(C(=O)OC(C)(C)C)C1.[W]. The summed E-state index contributed by atoms with van der Waals surface area (Å²) in [7, 11) is 1.48. The Kier molecular flexibility index (Phi) is 8.44.